The zero-order chi connectivity index (χ0) is 24.0. The molecule has 2 aromatic heterocycles. The standard InChI is InChI=1S/C24H33F3N4O2/c1-4-18-15(3)28-20-13-19(16-7-9-17(10-8-16)24(25,26)27)29-31(20)21(18)30-12-6-11-23(5-2,14-30)22(32)33/h13,16-17H,4-12,14H2,1-3H3,(H,32,33)/t16-,17-,23-/m1/s1. The SMILES string of the molecule is CCc1c(C)nc2cc([C@H]3CC[C@H](C(F)(F)F)CC3)nn2c1N1CCC[C@@](CC)(C(=O)O)C1. The van der Waals surface area contributed by atoms with Crippen LogP contribution in [-0.4, -0.2) is 44.9 Å². The summed E-state index contributed by atoms with van der Waals surface area (Å²) in [6.45, 7) is 7.09. The average molecular weight is 467 g/mol. The highest BCUT2D eigenvalue weighted by molar-refractivity contribution is 5.76. The van der Waals surface area contributed by atoms with Gasteiger partial charge in [-0.2, -0.15) is 22.8 Å². The number of carbonyl (C=O) groups is 1. The summed E-state index contributed by atoms with van der Waals surface area (Å²) in [5, 5.41) is 14.8. The Morgan fingerprint density at radius 2 is 1.94 bits per heavy atom. The van der Waals surface area contributed by atoms with E-state index in [1.165, 1.54) is 0 Å². The molecule has 0 radical (unpaired) electrons. The van der Waals surface area contributed by atoms with Crippen molar-refractivity contribution in [3.63, 3.8) is 0 Å². The van der Waals surface area contributed by atoms with Crippen molar-refractivity contribution < 1.29 is 23.1 Å². The van der Waals surface area contributed by atoms with E-state index in [1.54, 1.807) is 0 Å². The summed E-state index contributed by atoms with van der Waals surface area (Å²) in [6, 6.07) is 1.91. The second-order valence-electron chi connectivity index (χ2n) is 9.75. The number of alkyl halides is 3. The summed E-state index contributed by atoms with van der Waals surface area (Å²) in [5.41, 5.74) is 2.59. The van der Waals surface area contributed by atoms with Crippen LogP contribution in [0.1, 0.15) is 81.7 Å². The van der Waals surface area contributed by atoms with E-state index in [0.29, 0.717) is 37.9 Å². The van der Waals surface area contributed by atoms with Crippen LogP contribution in [0.5, 0.6) is 0 Å². The zero-order valence-electron chi connectivity index (χ0n) is 19.6. The van der Waals surface area contributed by atoms with Gasteiger partial charge in [-0.25, -0.2) is 4.98 Å². The predicted octanol–water partition coefficient (Wildman–Crippen LogP) is 5.52. The number of aromatic nitrogens is 3. The molecule has 0 spiro atoms. The van der Waals surface area contributed by atoms with Crippen LogP contribution in [-0.2, 0) is 11.2 Å². The van der Waals surface area contributed by atoms with Gasteiger partial charge in [-0.3, -0.25) is 4.79 Å². The number of aryl methyl sites for hydroxylation is 1. The highest BCUT2D eigenvalue weighted by Crippen LogP contribution is 2.43. The largest absolute Gasteiger partial charge is 0.481 e. The third-order valence-corrected chi connectivity index (χ3v) is 7.87. The summed E-state index contributed by atoms with van der Waals surface area (Å²) in [4.78, 5) is 19.0. The van der Waals surface area contributed by atoms with Crippen LogP contribution in [0.4, 0.5) is 19.0 Å². The predicted molar refractivity (Wildman–Crippen MR) is 120 cm³/mol. The highest BCUT2D eigenvalue weighted by atomic mass is 19.4. The fourth-order valence-corrected chi connectivity index (χ4v) is 5.74. The first-order chi connectivity index (χ1) is 15.6. The Morgan fingerprint density at radius 1 is 1.24 bits per heavy atom. The van der Waals surface area contributed by atoms with Gasteiger partial charge in [0.15, 0.2) is 5.65 Å². The molecule has 3 heterocycles. The van der Waals surface area contributed by atoms with Crippen LogP contribution in [0.25, 0.3) is 5.65 Å². The van der Waals surface area contributed by atoms with Crippen molar-refractivity contribution >= 4 is 17.4 Å². The summed E-state index contributed by atoms with van der Waals surface area (Å²) >= 11 is 0. The number of halogens is 3. The van der Waals surface area contributed by atoms with Gasteiger partial charge >= 0.3 is 12.1 Å². The first kappa shape index (κ1) is 23.8. The summed E-state index contributed by atoms with van der Waals surface area (Å²) < 4.78 is 41.1. The lowest BCUT2D eigenvalue weighted by Crippen LogP contribution is -2.48. The molecule has 33 heavy (non-hydrogen) atoms. The van der Waals surface area contributed by atoms with Crippen molar-refractivity contribution in [1.82, 2.24) is 14.6 Å². The molecule has 0 amide bonds. The quantitative estimate of drug-likeness (QED) is 0.629. The zero-order valence-corrected chi connectivity index (χ0v) is 19.6. The molecule has 1 saturated heterocycles. The number of rotatable bonds is 5. The van der Waals surface area contributed by atoms with Gasteiger partial charge in [-0.05, 0) is 58.3 Å². The number of anilines is 1. The minimum absolute atomic E-state index is 0.0151. The van der Waals surface area contributed by atoms with Crippen LogP contribution in [0.3, 0.4) is 0 Å². The highest BCUT2D eigenvalue weighted by Gasteiger charge is 2.43. The maximum Gasteiger partial charge on any atom is 0.391 e. The van der Waals surface area contributed by atoms with E-state index in [2.05, 4.69) is 11.8 Å². The molecule has 6 nitrogen and oxygen atoms in total. The first-order valence-electron chi connectivity index (χ1n) is 12.0. The molecule has 0 bridgehead atoms. The Morgan fingerprint density at radius 3 is 2.52 bits per heavy atom. The second kappa shape index (κ2) is 8.80. The van der Waals surface area contributed by atoms with Crippen molar-refractivity contribution in [1.29, 1.82) is 0 Å². The third kappa shape index (κ3) is 4.30. The number of fused-ring (bicyclic) bond motifs is 1. The van der Waals surface area contributed by atoms with E-state index >= 15 is 0 Å². The number of carboxylic acid groups (broad SMARTS) is 1. The Bertz CT molecular complexity index is 1030. The van der Waals surface area contributed by atoms with Crippen molar-refractivity contribution in [2.24, 2.45) is 11.3 Å². The molecule has 0 aromatic carbocycles. The van der Waals surface area contributed by atoms with Crippen LogP contribution in [0.15, 0.2) is 6.07 Å². The number of hydrogen-bond acceptors (Lipinski definition) is 4. The third-order valence-electron chi connectivity index (χ3n) is 7.87. The molecular weight excluding hydrogens is 433 g/mol. The Kier molecular flexibility index (Phi) is 6.35. The molecule has 1 aliphatic carbocycles. The Balaban J connectivity index is 1.71. The van der Waals surface area contributed by atoms with Crippen molar-refractivity contribution in [3.05, 3.63) is 23.0 Å². The van der Waals surface area contributed by atoms with Crippen LogP contribution in [0, 0.1) is 18.3 Å². The smallest absolute Gasteiger partial charge is 0.391 e. The van der Waals surface area contributed by atoms with Crippen molar-refractivity contribution in [3.8, 4) is 0 Å². The first-order valence-corrected chi connectivity index (χ1v) is 12.0. The topological polar surface area (TPSA) is 70.7 Å². The molecule has 2 fully saturated rings. The van der Waals surface area contributed by atoms with Gasteiger partial charge in [0, 0.05) is 36.3 Å². The summed E-state index contributed by atoms with van der Waals surface area (Å²) in [6.07, 6.45) is -0.223. The Labute approximate surface area is 192 Å². The van der Waals surface area contributed by atoms with Gasteiger partial charge in [0.05, 0.1) is 17.0 Å². The van der Waals surface area contributed by atoms with E-state index in [-0.39, 0.29) is 18.8 Å². The molecule has 1 N–H and O–H groups in total. The molecule has 9 heteroatoms. The van der Waals surface area contributed by atoms with Gasteiger partial charge in [0.25, 0.3) is 0 Å². The van der Waals surface area contributed by atoms with E-state index in [9.17, 15) is 23.1 Å². The minimum Gasteiger partial charge on any atom is -0.481 e. The summed E-state index contributed by atoms with van der Waals surface area (Å²) in [5.74, 6) is -1.12. The van der Waals surface area contributed by atoms with Crippen molar-refractivity contribution in [2.45, 2.75) is 84.2 Å². The van der Waals surface area contributed by atoms with Crippen LogP contribution < -0.4 is 4.90 Å². The lowest BCUT2D eigenvalue weighted by atomic mass is 9.77. The number of nitrogens with zero attached hydrogens (tertiary/aromatic N) is 4. The van der Waals surface area contributed by atoms with Gasteiger partial charge < -0.3 is 10.0 Å². The van der Waals surface area contributed by atoms with Gasteiger partial charge in [0.1, 0.15) is 5.82 Å². The molecule has 2 aliphatic rings. The number of carboxylic acids is 1. The number of piperidine rings is 1. The van der Waals surface area contributed by atoms with E-state index in [1.807, 2.05) is 24.4 Å². The number of hydrogen-bond donors (Lipinski definition) is 1. The normalized spacial score (nSPS) is 26.7. The van der Waals surface area contributed by atoms with E-state index in [0.717, 1.165) is 42.2 Å². The second-order valence-corrected chi connectivity index (χ2v) is 9.75. The lowest BCUT2D eigenvalue weighted by Gasteiger charge is -2.41. The molecule has 1 aliphatic heterocycles. The molecule has 1 atom stereocenters. The molecule has 4 rings (SSSR count). The maximum atomic E-state index is 13.1. The van der Waals surface area contributed by atoms with Gasteiger partial charge in [-0.15, -0.1) is 0 Å². The fraction of sp³-hybridized carbons (Fsp3) is 0.708. The van der Waals surface area contributed by atoms with Crippen molar-refractivity contribution in [2.75, 3.05) is 18.0 Å². The van der Waals surface area contributed by atoms with Crippen LogP contribution in [0.2, 0.25) is 0 Å². The molecule has 1 saturated carbocycles. The summed E-state index contributed by atoms with van der Waals surface area (Å²) in [7, 11) is 0. The maximum absolute atomic E-state index is 13.1. The molecule has 182 valence electrons. The van der Waals surface area contributed by atoms with E-state index in [4.69, 9.17) is 10.1 Å². The lowest BCUT2D eigenvalue weighted by molar-refractivity contribution is -0.182. The Hall–Kier alpha value is -2.32. The molecule has 0 unspecified atom stereocenters. The number of aliphatic carboxylic acids is 1. The average Bonchev–Trinajstić information content (AvgIpc) is 3.20. The minimum atomic E-state index is -4.13. The van der Waals surface area contributed by atoms with E-state index < -0.39 is 23.5 Å². The van der Waals surface area contributed by atoms with Crippen LogP contribution >= 0.6 is 0 Å². The fourth-order valence-electron chi connectivity index (χ4n) is 5.74. The van der Waals surface area contributed by atoms with Gasteiger partial charge in [0.2, 0.25) is 0 Å². The van der Waals surface area contributed by atoms with Gasteiger partial charge in [-0.1, -0.05) is 13.8 Å². The molecular formula is C24H33F3N4O2. The monoisotopic (exact) mass is 466 g/mol. The molecule has 2 aromatic rings.